The summed E-state index contributed by atoms with van der Waals surface area (Å²) in [5, 5.41) is 18.7. The molecule has 0 saturated heterocycles. The molecule has 2 aromatic carbocycles. The number of anilines is 1. The van der Waals surface area contributed by atoms with Crippen LogP contribution in [0.4, 0.5) is 5.82 Å². The van der Waals surface area contributed by atoms with Crippen molar-refractivity contribution >= 4 is 11.6 Å². The van der Waals surface area contributed by atoms with Crippen LogP contribution >= 0.6 is 0 Å². The molecule has 1 atom stereocenters. The Morgan fingerprint density at radius 3 is 2.67 bits per heavy atom. The number of nitrogens with one attached hydrogen (secondary N) is 1. The molecule has 6 heteroatoms. The summed E-state index contributed by atoms with van der Waals surface area (Å²) in [6.07, 6.45) is 1.27. The summed E-state index contributed by atoms with van der Waals surface area (Å²) in [5.41, 5.74) is 6.49. The van der Waals surface area contributed by atoms with E-state index in [2.05, 4.69) is 38.2 Å². The van der Waals surface area contributed by atoms with Crippen LogP contribution in [0.15, 0.2) is 53.7 Å². The van der Waals surface area contributed by atoms with Crippen molar-refractivity contribution in [3.8, 4) is 17.2 Å². The number of methoxy groups -OCH3 is 1. The third-order valence-electron chi connectivity index (χ3n) is 6.66. The number of Topliss-reactive ketones (excluding diaryl/α,β-unsaturated/α-hetero) is 1. The molecule has 0 saturated carbocycles. The molecule has 1 aromatic heterocycles. The van der Waals surface area contributed by atoms with Crippen LogP contribution in [0.5, 0.6) is 11.5 Å². The fourth-order valence-corrected chi connectivity index (χ4v) is 5.23. The monoisotopic (exact) mass is 443 g/mol. The van der Waals surface area contributed by atoms with E-state index >= 15 is 0 Å². The van der Waals surface area contributed by atoms with Gasteiger partial charge in [-0.25, -0.2) is 4.68 Å². The van der Waals surface area contributed by atoms with Crippen LogP contribution in [0.25, 0.3) is 5.69 Å². The third kappa shape index (κ3) is 3.50. The van der Waals surface area contributed by atoms with E-state index in [0.717, 1.165) is 51.6 Å². The molecule has 0 radical (unpaired) electrons. The number of aromatic nitrogens is 2. The summed E-state index contributed by atoms with van der Waals surface area (Å²) in [6, 6.07) is 13.6. The van der Waals surface area contributed by atoms with Crippen LogP contribution in [-0.4, -0.2) is 27.8 Å². The molecule has 3 aromatic rings. The zero-order valence-corrected chi connectivity index (χ0v) is 19.7. The highest BCUT2D eigenvalue weighted by molar-refractivity contribution is 6.01. The second kappa shape index (κ2) is 7.51. The molecule has 2 N–H and O–H groups in total. The SMILES string of the molecule is COc1cc([C@@H]2C3=C(CC(C)(C)CC3=O)Nc3c2c(C)nn3-c2cccc(C)c2)ccc1O. The van der Waals surface area contributed by atoms with Crippen LogP contribution in [0.3, 0.4) is 0 Å². The summed E-state index contributed by atoms with van der Waals surface area (Å²) in [4.78, 5) is 13.5. The summed E-state index contributed by atoms with van der Waals surface area (Å²) in [6.45, 7) is 8.32. The van der Waals surface area contributed by atoms with Gasteiger partial charge in [0.05, 0.1) is 18.5 Å². The van der Waals surface area contributed by atoms with Gasteiger partial charge in [0.15, 0.2) is 17.3 Å². The van der Waals surface area contributed by atoms with E-state index < -0.39 is 0 Å². The fourth-order valence-electron chi connectivity index (χ4n) is 5.23. The van der Waals surface area contributed by atoms with Crippen LogP contribution in [0.2, 0.25) is 0 Å². The highest BCUT2D eigenvalue weighted by Gasteiger charge is 2.43. The van der Waals surface area contributed by atoms with Gasteiger partial charge in [-0.1, -0.05) is 32.0 Å². The predicted octanol–water partition coefficient (Wildman–Crippen LogP) is 5.40. The Hall–Kier alpha value is -3.54. The minimum Gasteiger partial charge on any atom is -0.504 e. The number of fused-ring (bicyclic) bond motifs is 1. The van der Waals surface area contributed by atoms with Crippen molar-refractivity contribution in [2.45, 2.75) is 46.5 Å². The number of aromatic hydroxyl groups is 1. The number of allylic oxidation sites excluding steroid dienone is 2. The lowest BCUT2D eigenvalue weighted by Gasteiger charge is -2.38. The maximum absolute atomic E-state index is 13.5. The Kier molecular flexibility index (Phi) is 4.85. The number of ether oxygens (including phenoxy) is 1. The molecule has 5 rings (SSSR count). The van der Waals surface area contributed by atoms with Crippen LogP contribution < -0.4 is 10.1 Å². The molecule has 0 unspecified atom stereocenters. The van der Waals surface area contributed by atoms with E-state index in [0.29, 0.717) is 12.2 Å². The number of nitrogens with zero attached hydrogens (tertiary/aromatic N) is 2. The summed E-state index contributed by atoms with van der Waals surface area (Å²) >= 11 is 0. The Morgan fingerprint density at radius 1 is 1.15 bits per heavy atom. The lowest BCUT2D eigenvalue weighted by Crippen LogP contribution is -2.34. The van der Waals surface area contributed by atoms with Gasteiger partial charge in [-0.3, -0.25) is 4.79 Å². The molecule has 1 aliphatic carbocycles. The first-order chi connectivity index (χ1) is 15.7. The standard InChI is InChI=1S/C27H29N3O3/c1-15-7-6-8-18(11-15)30-26-23(16(2)29-30)24(17-9-10-20(31)22(12-17)33-5)25-19(28-26)13-27(3,4)14-21(25)32/h6-12,24,28,31H,13-14H2,1-5H3/t24-/m0/s1. The van der Waals surface area contributed by atoms with Gasteiger partial charge in [0.2, 0.25) is 0 Å². The first kappa shape index (κ1) is 21.3. The van der Waals surface area contributed by atoms with Gasteiger partial charge in [-0.15, -0.1) is 0 Å². The number of benzene rings is 2. The highest BCUT2D eigenvalue weighted by atomic mass is 16.5. The van der Waals surface area contributed by atoms with Crippen molar-refractivity contribution in [3.63, 3.8) is 0 Å². The second-order valence-corrected chi connectivity index (χ2v) is 9.92. The molecule has 2 aliphatic rings. The summed E-state index contributed by atoms with van der Waals surface area (Å²) in [5.74, 6) is 1.22. The molecular weight excluding hydrogens is 414 g/mol. The van der Waals surface area contributed by atoms with Gasteiger partial charge in [0.1, 0.15) is 5.82 Å². The summed E-state index contributed by atoms with van der Waals surface area (Å²) in [7, 11) is 1.53. The largest absolute Gasteiger partial charge is 0.504 e. The van der Waals surface area contributed by atoms with E-state index in [4.69, 9.17) is 9.84 Å². The lowest BCUT2D eigenvalue weighted by atomic mass is 9.69. The van der Waals surface area contributed by atoms with Gasteiger partial charge < -0.3 is 15.2 Å². The second-order valence-electron chi connectivity index (χ2n) is 9.92. The number of hydrogen-bond donors (Lipinski definition) is 2. The Balaban J connectivity index is 1.77. The van der Waals surface area contributed by atoms with E-state index in [1.165, 1.54) is 7.11 Å². The number of aryl methyl sites for hydroxylation is 2. The maximum Gasteiger partial charge on any atom is 0.162 e. The maximum atomic E-state index is 13.5. The summed E-state index contributed by atoms with van der Waals surface area (Å²) < 4.78 is 7.33. The van der Waals surface area contributed by atoms with E-state index in [1.807, 2.05) is 35.9 Å². The molecule has 2 heterocycles. The van der Waals surface area contributed by atoms with Crippen molar-refractivity contribution in [2.75, 3.05) is 12.4 Å². The Labute approximate surface area is 193 Å². The number of carbonyl (C=O) groups excluding carboxylic acids is 1. The number of rotatable bonds is 3. The molecular formula is C27H29N3O3. The van der Waals surface area contributed by atoms with Crippen molar-refractivity contribution in [1.82, 2.24) is 9.78 Å². The average Bonchev–Trinajstić information content (AvgIpc) is 3.08. The smallest absolute Gasteiger partial charge is 0.162 e. The van der Waals surface area contributed by atoms with E-state index in [-0.39, 0.29) is 22.9 Å². The van der Waals surface area contributed by atoms with E-state index in [9.17, 15) is 9.90 Å². The minimum absolute atomic E-state index is 0.0768. The number of ketones is 1. The molecule has 6 nitrogen and oxygen atoms in total. The van der Waals surface area contributed by atoms with Crippen LogP contribution in [-0.2, 0) is 4.79 Å². The Morgan fingerprint density at radius 2 is 1.94 bits per heavy atom. The highest BCUT2D eigenvalue weighted by Crippen LogP contribution is 2.51. The van der Waals surface area contributed by atoms with E-state index in [1.54, 1.807) is 6.07 Å². The number of carbonyl (C=O) groups is 1. The molecule has 0 fully saturated rings. The number of phenols is 1. The topological polar surface area (TPSA) is 76.4 Å². The van der Waals surface area contributed by atoms with Gasteiger partial charge >= 0.3 is 0 Å². The van der Waals surface area contributed by atoms with Gasteiger partial charge in [-0.2, -0.15) is 5.10 Å². The Bertz CT molecular complexity index is 1320. The molecule has 0 spiro atoms. The van der Waals surface area contributed by atoms with Crippen molar-refractivity contribution in [1.29, 1.82) is 0 Å². The molecule has 33 heavy (non-hydrogen) atoms. The quantitative estimate of drug-likeness (QED) is 0.567. The van der Waals surface area contributed by atoms with Crippen molar-refractivity contribution in [2.24, 2.45) is 5.41 Å². The average molecular weight is 444 g/mol. The first-order valence-electron chi connectivity index (χ1n) is 11.3. The molecule has 0 amide bonds. The van der Waals surface area contributed by atoms with Crippen molar-refractivity contribution in [3.05, 3.63) is 76.1 Å². The first-order valence-corrected chi connectivity index (χ1v) is 11.3. The minimum atomic E-state index is -0.284. The predicted molar refractivity (Wildman–Crippen MR) is 128 cm³/mol. The van der Waals surface area contributed by atoms with Gasteiger partial charge in [0.25, 0.3) is 0 Å². The fraction of sp³-hybridized carbons (Fsp3) is 0.333. The van der Waals surface area contributed by atoms with Crippen molar-refractivity contribution < 1.29 is 14.6 Å². The number of hydrogen-bond acceptors (Lipinski definition) is 5. The van der Waals surface area contributed by atoms with Crippen LogP contribution in [0.1, 0.15) is 55.0 Å². The zero-order chi connectivity index (χ0) is 23.5. The van der Waals surface area contributed by atoms with Gasteiger partial charge in [0, 0.05) is 29.2 Å². The van der Waals surface area contributed by atoms with Gasteiger partial charge in [-0.05, 0) is 61.1 Å². The van der Waals surface area contributed by atoms with Crippen LogP contribution in [0, 0.1) is 19.3 Å². The molecule has 0 bridgehead atoms. The normalized spacial score (nSPS) is 19.1. The number of phenolic OH excluding ortho intramolecular Hbond substituents is 1. The zero-order valence-electron chi connectivity index (χ0n) is 19.7. The third-order valence-corrected chi connectivity index (χ3v) is 6.66. The molecule has 170 valence electrons. The lowest BCUT2D eigenvalue weighted by molar-refractivity contribution is -0.118. The molecule has 1 aliphatic heterocycles.